The quantitative estimate of drug-likeness (QED) is 0.733. The van der Waals surface area contributed by atoms with Crippen LogP contribution >= 0.6 is 0 Å². The van der Waals surface area contributed by atoms with Crippen LogP contribution in [0.4, 0.5) is 4.39 Å². The molecule has 0 aromatic heterocycles. The van der Waals surface area contributed by atoms with Gasteiger partial charge in [-0.3, -0.25) is 4.79 Å². The van der Waals surface area contributed by atoms with E-state index in [9.17, 15) is 9.18 Å². The number of benzene rings is 2. The van der Waals surface area contributed by atoms with Crippen LogP contribution in [0.5, 0.6) is 11.5 Å². The van der Waals surface area contributed by atoms with Crippen molar-refractivity contribution < 1.29 is 23.4 Å². The molecule has 0 bridgehead atoms. The molecule has 2 aromatic carbocycles. The Morgan fingerprint density at radius 1 is 1.09 bits per heavy atom. The number of ether oxygens (including phenoxy) is 3. The van der Waals surface area contributed by atoms with E-state index in [1.54, 1.807) is 44.6 Å². The fraction of sp³-hybridized carbons (Fsp3) is 0.278. The van der Waals surface area contributed by atoms with E-state index in [0.29, 0.717) is 17.9 Å². The van der Waals surface area contributed by atoms with Crippen molar-refractivity contribution in [2.75, 3.05) is 14.2 Å². The van der Waals surface area contributed by atoms with Crippen LogP contribution in [-0.4, -0.2) is 20.2 Å². The maximum Gasteiger partial charge on any atom is 0.306 e. The van der Waals surface area contributed by atoms with Gasteiger partial charge in [0.15, 0.2) is 0 Å². The Bertz CT molecular complexity index is 670. The molecular formula is C18H19FO4. The van der Waals surface area contributed by atoms with E-state index in [4.69, 9.17) is 14.2 Å². The summed E-state index contributed by atoms with van der Waals surface area (Å²) in [6.07, 6.45) is 0.627. The van der Waals surface area contributed by atoms with Crippen molar-refractivity contribution in [3.63, 3.8) is 0 Å². The Balaban J connectivity index is 1.89. The van der Waals surface area contributed by atoms with Gasteiger partial charge in [-0.15, -0.1) is 0 Å². The highest BCUT2D eigenvalue weighted by atomic mass is 19.1. The monoisotopic (exact) mass is 318 g/mol. The summed E-state index contributed by atoms with van der Waals surface area (Å²) in [6.45, 7) is 0.0996. The van der Waals surface area contributed by atoms with Crippen LogP contribution in [0.15, 0.2) is 42.5 Å². The van der Waals surface area contributed by atoms with Gasteiger partial charge in [0.1, 0.15) is 23.9 Å². The molecule has 0 aliphatic carbocycles. The fourth-order valence-electron chi connectivity index (χ4n) is 2.16. The fourth-order valence-corrected chi connectivity index (χ4v) is 2.16. The standard InChI is InChI=1S/C18H19FO4/c1-21-16-7-8-17(22-2)14(11-16)12-23-18(20)9-6-13-4-3-5-15(19)10-13/h3-5,7-8,10-11H,6,9,12H2,1-2H3. The smallest absolute Gasteiger partial charge is 0.306 e. The molecule has 0 spiro atoms. The lowest BCUT2D eigenvalue weighted by atomic mass is 10.1. The van der Waals surface area contributed by atoms with Crippen LogP contribution in [0.1, 0.15) is 17.5 Å². The largest absolute Gasteiger partial charge is 0.497 e. The summed E-state index contributed by atoms with van der Waals surface area (Å²) in [5, 5.41) is 0. The summed E-state index contributed by atoms with van der Waals surface area (Å²) in [5.41, 5.74) is 1.49. The van der Waals surface area contributed by atoms with Gasteiger partial charge < -0.3 is 14.2 Å². The Hall–Kier alpha value is -2.56. The number of carbonyl (C=O) groups is 1. The van der Waals surface area contributed by atoms with E-state index in [0.717, 1.165) is 11.1 Å². The van der Waals surface area contributed by atoms with Crippen LogP contribution in [0, 0.1) is 5.82 Å². The molecule has 0 amide bonds. The summed E-state index contributed by atoms with van der Waals surface area (Å²) < 4.78 is 28.7. The first kappa shape index (κ1) is 16.8. The highest BCUT2D eigenvalue weighted by Gasteiger charge is 2.09. The molecule has 0 unspecified atom stereocenters. The molecular weight excluding hydrogens is 299 g/mol. The molecule has 4 nitrogen and oxygen atoms in total. The van der Waals surface area contributed by atoms with Crippen LogP contribution < -0.4 is 9.47 Å². The lowest BCUT2D eigenvalue weighted by Crippen LogP contribution is -2.07. The SMILES string of the molecule is COc1ccc(OC)c(COC(=O)CCc2cccc(F)c2)c1. The molecule has 0 fully saturated rings. The number of aryl methyl sites for hydroxylation is 1. The Labute approximate surface area is 134 Å². The van der Waals surface area contributed by atoms with Gasteiger partial charge in [0.25, 0.3) is 0 Å². The Morgan fingerprint density at radius 2 is 1.91 bits per heavy atom. The van der Waals surface area contributed by atoms with Crippen molar-refractivity contribution in [1.29, 1.82) is 0 Å². The highest BCUT2D eigenvalue weighted by Crippen LogP contribution is 2.24. The topological polar surface area (TPSA) is 44.8 Å². The van der Waals surface area contributed by atoms with Gasteiger partial charge in [-0.1, -0.05) is 12.1 Å². The normalized spacial score (nSPS) is 10.2. The summed E-state index contributed by atoms with van der Waals surface area (Å²) in [6, 6.07) is 11.5. The van der Waals surface area contributed by atoms with Crippen LogP contribution in [0.2, 0.25) is 0 Å². The molecule has 2 rings (SSSR count). The number of esters is 1. The second-order valence-corrected chi connectivity index (χ2v) is 4.97. The molecule has 0 saturated heterocycles. The average molecular weight is 318 g/mol. The zero-order chi connectivity index (χ0) is 16.7. The van der Waals surface area contributed by atoms with Crippen molar-refractivity contribution in [3.05, 3.63) is 59.4 Å². The second kappa shape index (κ2) is 8.17. The Morgan fingerprint density at radius 3 is 2.61 bits per heavy atom. The summed E-state index contributed by atoms with van der Waals surface area (Å²) in [5.74, 6) is 0.636. The predicted octanol–water partition coefficient (Wildman–Crippen LogP) is 3.52. The third-order valence-electron chi connectivity index (χ3n) is 3.38. The molecule has 0 N–H and O–H groups in total. The maximum absolute atomic E-state index is 13.1. The molecule has 23 heavy (non-hydrogen) atoms. The minimum absolute atomic E-state index is 0.0996. The molecule has 0 aliphatic rings. The van der Waals surface area contributed by atoms with Gasteiger partial charge in [-0.2, -0.15) is 0 Å². The number of hydrogen-bond acceptors (Lipinski definition) is 4. The molecule has 0 atom stereocenters. The first-order valence-corrected chi connectivity index (χ1v) is 7.23. The minimum atomic E-state index is -0.348. The van der Waals surface area contributed by atoms with E-state index in [2.05, 4.69) is 0 Å². The molecule has 0 heterocycles. The van der Waals surface area contributed by atoms with Crippen LogP contribution in [0.25, 0.3) is 0 Å². The third-order valence-corrected chi connectivity index (χ3v) is 3.38. The summed E-state index contributed by atoms with van der Waals surface area (Å²) in [7, 11) is 3.12. The number of halogens is 1. The maximum atomic E-state index is 13.1. The van der Waals surface area contributed by atoms with Gasteiger partial charge in [-0.25, -0.2) is 4.39 Å². The number of carbonyl (C=O) groups excluding carboxylic acids is 1. The number of hydrogen-bond donors (Lipinski definition) is 0. The van der Waals surface area contributed by atoms with Gasteiger partial charge in [0, 0.05) is 12.0 Å². The predicted molar refractivity (Wildman–Crippen MR) is 84.1 cm³/mol. The number of methoxy groups -OCH3 is 2. The minimum Gasteiger partial charge on any atom is -0.497 e. The highest BCUT2D eigenvalue weighted by molar-refractivity contribution is 5.69. The molecule has 5 heteroatoms. The zero-order valence-electron chi connectivity index (χ0n) is 13.2. The van der Waals surface area contributed by atoms with E-state index in [1.165, 1.54) is 12.1 Å². The first-order chi connectivity index (χ1) is 11.1. The van der Waals surface area contributed by atoms with Gasteiger partial charge in [0.2, 0.25) is 0 Å². The van der Waals surface area contributed by atoms with E-state index < -0.39 is 0 Å². The first-order valence-electron chi connectivity index (χ1n) is 7.23. The van der Waals surface area contributed by atoms with E-state index in [1.807, 2.05) is 0 Å². The van der Waals surface area contributed by atoms with Gasteiger partial charge >= 0.3 is 5.97 Å². The third kappa shape index (κ3) is 4.98. The van der Waals surface area contributed by atoms with Crippen molar-refractivity contribution in [3.8, 4) is 11.5 Å². The molecule has 2 aromatic rings. The second-order valence-electron chi connectivity index (χ2n) is 4.97. The van der Waals surface area contributed by atoms with Crippen molar-refractivity contribution in [2.45, 2.75) is 19.4 Å². The van der Waals surface area contributed by atoms with E-state index >= 15 is 0 Å². The molecule has 0 aliphatic heterocycles. The lowest BCUT2D eigenvalue weighted by Gasteiger charge is -2.11. The molecule has 0 radical (unpaired) electrons. The lowest BCUT2D eigenvalue weighted by molar-refractivity contribution is -0.144. The molecule has 122 valence electrons. The molecule has 0 saturated carbocycles. The summed E-state index contributed by atoms with van der Waals surface area (Å²) >= 11 is 0. The van der Waals surface area contributed by atoms with E-state index in [-0.39, 0.29) is 24.8 Å². The van der Waals surface area contributed by atoms with Crippen LogP contribution in [0.3, 0.4) is 0 Å². The summed E-state index contributed by atoms with van der Waals surface area (Å²) in [4.78, 5) is 11.8. The Kier molecular flexibility index (Phi) is 5.97. The van der Waals surface area contributed by atoms with Crippen LogP contribution in [-0.2, 0) is 22.6 Å². The zero-order valence-corrected chi connectivity index (χ0v) is 13.2. The average Bonchev–Trinajstić information content (AvgIpc) is 2.57. The van der Waals surface area contributed by atoms with Crippen molar-refractivity contribution in [2.24, 2.45) is 0 Å². The van der Waals surface area contributed by atoms with Crippen molar-refractivity contribution in [1.82, 2.24) is 0 Å². The number of rotatable bonds is 7. The van der Waals surface area contributed by atoms with Crippen molar-refractivity contribution >= 4 is 5.97 Å². The van der Waals surface area contributed by atoms with Gasteiger partial charge in [0.05, 0.1) is 14.2 Å². The van der Waals surface area contributed by atoms with Gasteiger partial charge in [-0.05, 0) is 42.3 Å².